The summed E-state index contributed by atoms with van der Waals surface area (Å²) < 4.78 is 0. The van der Waals surface area contributed by atoms with Crippen molar-refractivity contribution in [3.05, 3.63) is 35.9 Å². The first-order chi connectivity index (χ1) is 7.15. The number of nitrogens with one attached hydrogen (secondary N) is 1. The molecule has 0 bridgehead atoms. The average Bonchev–Trinajstić information content (AvgIpc) is 2.26. The minimum absolute atomic E-state index is 0.361. The van der Waals surface area contributed by atoms with Crippen LogP contribution in [0.1, 0.15) is 31.9 Å². The minimum atomic E-state index is -0.369. The van der Waals surface area contributed by atoms with Gasteiger partial charge in [-0.05, 0) is 24.9 Å². The third-order valence-electron chi connectivity index (χ3n) is 2.84. The second-order valence-corrected chi connectivity index (χ2v) is 4.30. The van der Waals surface area contributed by atoms with Gasteiger partial charge in [0.1, 0.15) is 0 Å². The van der Waals surface area contributed by atoms with E-state index in [1.165, 1.54) is 0 Å². The third-order valence-corrected chi connectivity index (χ3v) is 2.84. The molecule has 2 heteroatoms. The molecule has 2 nitrogen and oxygen atoms in total. The molecule has 0 unspecified atom stereocenters. The number of hydrogen-bond acceptors (Lipinski definition) is 2. The molecule has 2 atom stereocenters. The molecule has 1 aromatic rings. The molecule has 0 saturated heterocycles. The summed E-state index contributed by atoms with van der Waals surface area (Å²) in [6.45, 7) is 4.33. The molecule has 0 fully saturated rings. The van der Waals surface area contributed by atoms with Crippen LogP contribution < -0.4 is 5.32 Å². The zero-order valence-electron chi connectivity index (χ0n) is 9.77. The van der Waals surface area contributed by atoms with Crippen molar-refractivity contribution in [1.82, 2.24) is 5.32 Å². The van der Waals surface area contributed by atoms with E-state index >= 15 is 0 Å². The highest BCUT2D eigenvalue weighted by Crippen LogP contribution is 2.20. The van der Waals surface area contributed by atoms with Crippen LogP contribution >= 0.6 is 0 Å². The summed E-state index contributed by atoms with van der Waals surface area (Å²) in [7, 11) is 1.95. The minimum Gasteiger partial charge on any atom is -0.388 e. The van der Waals surface area contributed by atoms with Crippen LogP contribution in [0.2, 0.25) is 0 Å². The van der Waals surface area contributed by atoms with E-state index < -0.39 is 0 Å². The van der Waals surface area contributed by atoms with Gasteiger partial charge in [-0.1, -0.05) is 44.2 Å². The standard InChI is InChI=1S/C13H21NO/c1-10(2)12(14-3)9-13(15)11-7-5-4-6-8-11/h4-8,10,12-15H,9H2,1-3H3/t12-,13+/m1/s1. The lowest BCUT2D eigenvalue weighted by atomic mass is 9.95. The smallest absolute Gasteiger partial charge is 0.0805 e. The predicted octanol–water partition coefficient (Wildman–Crippen LogP) is 2.35. The van der Waals surface area contributed by atoms with E-state index in [-0.39, 0.29) is 6.10 Å². The van der Waals surface area contributed by atoms with Crippen LogP contribution in [0.3, 0.4) is 0 Å². The Morgan fingerprint density at radius 3 is 2.27 bits per heavy atom. The summed E-state index contributed by atoms with van der Waals surface area (Å²) in [6.07, 6.45) is 0.393. The highest BCUT2D eigenvalue weighted by atomic mass is 16.3. The first kappa shape index (κ1) is 12.2. The monoisotopic (exact) mass is 207 g/mol. The molecule has 2 N–H and O–H groups in total. The fourth-order valence-electron chi connectivity index (χ4n) is 1.78. The normalized spacial score (nSPS) is 15.3. The molecule has 0 spiro atoms. The molecule has 0 radical (unpaired) electrons. The second kappa shape index (κ2) is 5.89. The van der Waals surface area contributed by atoms with E-state index in [9.17, 15) is 5.11 Å². The van der Waals surface area contributed by atoms with E-state index in [0.29, 0.717) is 12.0 Å². The SMILES string of the molecule is CN[C@H](C[C@H](O)c1ccccc1)C(C)C. The molecule has 84 valence electrons. The lowest BCUT2D eigenvalue weighted by Gasteiger charge is -2.23. The van der Waals surface area contributed by atoms with Gasteiger partial charge in [0.2, 0.25) is 0 Å². The molecule has 0 heterocycles. The topological polar surface area (TPSA) is 32.3 Å². The lowest BCUT2D eigenvalue weighted by molar-refractivity contribution is 0.143. The van der Waals surface area contributed by atoms with Crippen LogP contribution in [0, 0.1) is 5.92 Å². The average molecular weight is 207 g/mol. The highest BCUT2D eigenvalue weighted by Gasteiger charge is 2.16. The molecule has 0 aromatic heterocycles. The van der Waals surface area contributed by atoms with Gasteiger partial charge in [0.15, 0.2) is 0 Å². The molecule has 0 amide bonds. The molecule has 0 aliphatic carbocycles. The van der Waals surface area contributed by atoms with Crippen molar-refractivity contribution in [2.75, 3.05) is 7.05 Å². The van der Waals surface area contributed by atoms with Crippen molar-refractivity contribution in [1.29, 1.82) is 0 Å². The van der Waals surface area contributed by atoms with Gasteiger partial charge in [-0.15, -0.1) is 0 Å². The molecule has 0 aliphatic rings. The van der Waals surface area contributed by atoms with Crippen LogP contribution in [0.4, 0.5) is 0 Å². The van der Waals surface area contributed by atoms with Crippen molar-refractivity contribution in [3.8, 4) is 0 Å². The lowest BCUT2D eigenvalue weighted by Crippen LogP contribution is -2.32. The maximum atomic E-state index is 10.0. The number of aliphatic hydroxyl groups is 1. The van der Waals surface area contributed by atoms with Gasteiger partial charge in [-0.2, -0.15) is 0 Å². The Morgan fingerprint density at radius 1 is 1.20 bits per heavy atom. The van der Waals surface area contributed by atoms with Gasteiger partial charge in [-0.25, -0.2) is 0 Å². The van der Waals surface area contributed by atoms with Gasteiger partial charge in [-0.3, -0.25) is 0 Å². The van der Waals surface area contributed by atoms with E-state index in [0.717, 1.165) is 12.0 Å². The van der Waals surface area contributed by atoms with Crippen molar-refractivity contribution in [2.45, 2.75) is 32.4 Å². The Balaban J connectivity index is 2.58. The second-order valence-electron chi connectivity index (χ2n) is 4.30. The molecular weight excluding hydrogens is 186 g/mol. The summed E-state index contributed by atoms with van der Waals surface area (Å²) >= 11 is 0. The van der Waals surface area contributed by atoms with Crippen LogP contribution in [0.25, 0.3) is 0 Å². The van der Waals surface area contributed by atoms with Crippen molar-refractivity contribution >= 4 is 0 Å². The van der Waals surface area contributed by atoms with E-state index in [4.69, 9.17) is 0 Å². The van der Waals surface area contributed by atoms with Gasteiger partial charge in [0, 0.05) is 6.04 Å². The van der Waals surface area contributed by atoms with E-state index in [1.807, 2.05) is 37.4 Å². The van der Waals surface area contributed by atoms with Crippen LogP contribution in [-0.2, 0) is 0 Å². The molecule has 0 saturated carbocycles. The largest absolute Gasteiger partial charge is 0.388 e. The molecule has 0 aliphatic heterocycles. The Bertz CT molecular complexity index is 271. The third kappa shape index (κ3) is 3.65. The Labute approximate surface area is 92.3 Å². The molecular formula is C13H21NO. The summed E-state index contributed by atoms with van der Waals surface area (Å²) in [4.78, 5) is 0. The van der Waals surface area contributed by atoms with Crippen LogP contribution in [0.15, 0.2) is 30.3 Å². The maximum absolute atomic E-state index is 10.0. The first-order valence-corrected chi connectivity index (χ1v) is 5.55. The number of benzene rings is 1. The molecule has 1 aromatic carbocycles. The number of hydrogen-bond donors (Lipinski definition) is 2. The highest BCUT2D eigenvalue weighted by molar-refractivity contribution is 5.17. The Hall–Kier alpha value is -0.860. The van der Waals surface area contributed by atoms with Crippen LogP contribution in [0.5, 0.6) is 0 Å². The first-order valence-electron chi connectivity index (χ1n) is 5.55. The molecule has 15 heavy (non-hydrogen) atoms. The zero-order chi connectivity index (χ0) is 11.3. The number of rotatable bonds is 5. The Morgan fingerprint density at radius 2 is 1.80 bits per heavy atom. The maximum Gasteiger partial charge on any atom is 0.0805 e. The summed E-state index contributed by atoms with van der Waals surface area (Å²) in [5.41, 5.74) is 0.999. The fraction of sp³-hybridized carbons (Fsp3) is 0.538. The number of aliphatic hydroxyl groups excluding tert-OH is 1. The van der Waals surface area contributed by atoms with Crippen LogP contribution in [-0.4, -0.2) is 18.2 Å². The fourth-order valence-corrected chi connectivity index (χ4v) is 1.78. The van der Waals surface area contributed by atoms with Gasteiger partial charge < -0.3 is 10.4 Å². The van der Waals surface area contributed by atoms with Gasteiger partial charge >= 0.3 is 0 Å². The van der Waals surface area contributed by atoms with Crippen molar-refractivity contribution in [2.24, 2.45) is 5.92 Å². The van der Waals surface area contributed by atoms with E-state index in [1.54, 1.807) is 0 Å². The van der Waals surface area contributed by atoms with E-state index in [2.05, 4.69) is 19.2 Å². The Kier molecular flexibility index (Phi) is 4.79. The molecule has 1 rings (SSSR count). The zero-order valence-corrected chi connectivity index (χ0v) is 9.77. The summed E-state index contributed by atoms with van der Waals surface area (Å²) in [5.74, 6) is 0.536. The van der Waals surface area contributed by atoms with Gasteiger partial charge in [0.05, 0.1) is 6.10 Å². The van der Waals surface area contributed by atoms with Crippen molar-refractivity contribution < 1.29 is 5.11 Å². The summed E-state index contributed by atoms with van der Waals surface area (Å²) in [6, 6.07) is 10.2. The summed E-state index contributed by atoms with van der Waals surface area (Å²) in [5, 5.41) is 13.3. The van der Waals surface area contributed by atoms with Gasteiger partial charge in [0.25, 0.3) is 0 Å². The predicted molar refractivity (Wildman–Crippen MR) is 63.7 cm³/mol. The van der Waals surface area contributed by atoms with Crippen molar-refractivity contribution in [3.63, 3.8) is 0 Å². The quantitative estimate of drug-likeness (QED) is 0.777.